The fraction of sp³-hybridized carbons (Fsp3) is 0.667. The van der Waals surface area contributed by atoms with Crippen molar-refractivity contribution in [2.24, 2.45) is 0 Å². The molecule has 1 atom stereocenters. The van der Waals surface area contributed by atoms with Crippen LogP contribution in [0.5, 0.6) is 0 Å². The second-order valence-corrected chi connectivity index (χ2v) is 4.21. The summed E-state index contributed by atoms with van der Waals surface area (Å²) < 4.78 is 0. The topological polar surface area (TPSA) is 68.2 Å². The molecule has 0 aromatic carbocycles. The van der Waals surface area contributed by atoms with Crippen molar-refractivity contribution in [3.63, 3.8) is 0 Å². The quantitative estimate of drug-likeness (QED) is 0.384. The minimum absolute atomic E-state index is 0.0843. The number of carbonyl (C=O) groups excluding carboxylic acids is 1. The van der Waals surface area contributed by atoms with E-state index in [2.05, 4.69) is 10.6 Å². The Kier molecular flexibility index (Phi) is 7.82. The van der Waals surface area contributed by atoms with Gasteiger partial charge in [0.05, 0.1) is 0 Å². The Bertz CT molecular complexity index is 304. The second kappa shape index (κ2) is 8.59. The van der Waals surface area contributed by atoms with Crippen molar-refractivity contribution in [1.82, 2.24) is 15.5 Å². The Labute approximate surface area is 103 Å². The predicted octanol–water partition coefficient (Wildman–Crippen LogP) is 0.460. The van der Waals surface area contributed by atoms with Crippen molar-refractivity contribution in [3.05, 3.63) is 11.8 Å². The summed E-state index contributed by atoms with van der Waals surface area (Å²) in [6, 6.07) is 1.98. The number of rotatable bonds is 7. The molecule has 0 rings (SSSR count). The number of amides is 1. The average Bonchev–Trinajstić information content (AvgIpc) is 2.28. The van der Waals surface area contributed by atoms with Gasteiger partial charge in [-0.2, -0.15) is 5.26 Å². The van der Waals surface area contributed by atoms with Crippen LogP contribution in [0, 0.1) is 11.3 Å². The van der Waals surface area contributed by atoms with E-state index in [1.54, 1.807) is 0 Å². The molecule has 0 saturated heterocycles. The van der Waals surface area contributed by atoms with Crippen LogP contribution in [-0.2, 0) is 4.79 Å². The molecule has 0 saturated carbocycles. The third-order valence-electron chi connectivity index (χ3n) is 2.30. The van der Waals surface area contributed by atoms with E-state index < -0.39 is 0 Å². The summed E-state index contributed by atoms with van der Waals surface area (Å²) in [6.07, 6.45) is 2.32. The maximum absolute atomic E-state index is 11.6. The van der Waals surface area contributed by atoms with Gasteiger partial charge in [0.15, 0.2) is 0 Å². The van der Waals surface area contributed by atoms with Gasteiger partial charge in [-0.3, -0.25) is 4.79 Å². The van der Waals surface area contributed by atoms with Crippen molar-refractivity contribution in [2.75, 3.05) is 27.2 Å². The summed E-state index contributed by atoms with van der Waals surface area (Å²) in [7, 11) is 3.93. The molecule has 0 aromatic heterocycles. The summed E-state index contributed by atoms with van der Waals surface area (Å²) in [5.41, 5.74) is 0.115. The summed E-state index contributed by atoms with van der Waals surface area (Å²) in [5, 5.41) is 14.6. The van der Waals surface area contributed by atoms with Crippen LogP contribution in [0.3, 0.4) is 0 Å². The maximum Gasteiger partial charge on any atom is 0.263 e. The van der Waals surface area contributed by atoms with Gasteiger partial charge >= 0.3 is 0 Å². The number of carbonyl (C=O) groups is 1. The number of nitriles is 1. The van der Waals surface area contributed by atoms with Gasteiger partial charge < -0.3 is 15.5 Å². The summed E-state index contributed by atoms with van der Waals surface area (Å²) >= 11 is 0. The molecule has 1 amide bonds. The Morgan fingerprint density at radius 3 is 2.65 bits per heavy atom. The summed E-state index contributed by atoms with van der Waals surface area (Å²) in [6.45, 7) is 5.44. The van der Waals surface area contributed by atoms with Crippen LogP contribution >= 0.6 is 0 Å². The van der Waals surface area contributed by atoms with Crippen LogP contribution in [0.2, 0.25) is 0 Å². The van der Waals surface area contributed by atoms with E-state index in [1.165, 1.54) is 6.20 Å². The zero-order valence-corrected chi connectivity index (χ0v) is 11.1. The van der Waals surface area contributed by atoms with Crippen molar-refractivity contribution >= 4 is 5.91 Å². The average molecular weight is 238 g/mol. The van der Waals surface area contributed by atoms with E-state index in [0.717, 1.165) is 13.0 Å². The Morgan fingerprint density at radius 2 is 2.18 bits per heavy atom. The molecular weight excluding hydrogens is 216 g/mol. The molecule has 0 aliphatic rings. The van der Waals surface area contributed by atoms with Crippen molar-refractivity contribution in [3.8, 4) is 6.07 Å². The monoisotopic (exact) mass is 238 g/mol. The van der Waals surface area contributed by atoms with E-state index in [4.69, 9.17) is 5.26 Å². The Hall–Kier alpha value is -1.54. The fourth-order valence-corrected chi connectivity index (χ4v) is 1.01. The minimum Gasteiger partial charge on any atom is -0.388 e. The molecule has 0 aliphatic heterocycles. The smallest absolute Gasteiger partial charge is 0.263 e. The zero-order chi connectivity index (χ0) is 13.3. The number of likely N-dealkylation sites (N-methyl/N-ethyl adjacent to an activating group) is 1. The lowest BCUT2D eigenvalue weighted by Crippen LogP contribution is -2.33. The molecular formula is C12H22N4O. The third kappa shape index (κ3) is 7.36. The second-order valence-electron chi connectivity index (χ2n) is 4.21. The lowest BCUT2D eigenvalue weighted by Gasteiger charge is -2.11. The molecule has 96 valence electrons. The van der Waals surface area contributed by atoms with E-state index >= 15 is 0 Å². The largest absolute Gasteiger partial charge is 0.388 e. The van der Waals surface area contributed by atoms with Gasteiger partial charge in [-0.1, -0.05) is 6.92 Å². The highest BCUT2D eigenvalue weighted by Crippen LogP contribution is 1.94. The third-order valence-corrected chi connectivity index (χ3v) is 2.30. The van der Waals surface area contributed by atoms with Gasteiger partial charge in [-0.15, -0.1) is 0 Å². The molecule has 0 heterocycles. The molecule has 0 aliphatic carbocycles. The summed E-state index contributed by atoms with van der Waals surface area (Å²) in [5.74, 6) is -0.320. The number of nitrogens with one attached hydrogen (secondary N) is 2. The molecule has 17 heavy (non-hydrogen) atoms. The van der Waals surface area contributed by atoms with E-state index in [0.29, 0.717) is 6.54 Å². The fourth-order valence-electron chi connectivity index (χ4n) is 1.01. The van der Waals surface area contributed by atoms with E-state index in [9.17, 15) is 4.79 Å². The standard InChI is InChI=1S/C12H22N4O/c1-5-10(2)15-12(17)11(8-13)9-14-6-7-16(3)4/h9-10,14H,5-7H2,1-4H3,(H,15,17)/b11-9-. The Morgan fingerprint density at radius 1 is 1.53 bits per heavy atom. The van der Waals surface area contributed by atoms with Crippen LogP contribution in [0.4, 0.5) is 0 Å². The van der Waals surface area contributed by atoms with E-state index in [-0.39, 0.29) is 17.5 Å². The van der Waals surface area contributed by atoms with Crippen molar-refractivity contribution < 1.29 is 4.79 Å². The molecule has 2 N–H and O–H groups in total. The van der Waals surface area contributed by atoms with E-state index in [1.807, 2.05) is 38.9 Å². The predicted molar refractivity (Wildman–Crippen MR) is 68.1 cm³/mol. The number of hydrogen-bond acceptors (Lipinski definition) is 4. The highest BCUT2D eigenvalue weighted by molar-refractivity contribution is 5.97. The van der Waals surface area contributed by atoms with Gasteiger partial charge in [0.2, 0.25) is 0 Å². The highest BCUT2D eigenvalue weighted by Gasteiger charge is 2.10. The molecule has 0 aromatic rings. The SMILES string of the molecule is CCC(C)NC(=O)/C(C#N)=C\NCCN(C)C. The maximum atomic E-state index is 11.6. The molecule has 5 heteroatoms. The highest BCUT2D eigenvalue weighted by atomic mass is 16.1. The van der Waals surface area contributed by atoms with Crippen LogP contribution in [0.1, 0.15) is 20.3 Å². The normalized spacial score (nSPS) is 13.1. The molecule has 0 radical (unpaired) electrons. The van der Waals surface area contributed by atoms with Crippen molar-refractivity contribution in [2.45, 2.75) is 26.3 Å². The first-order chi connectivity index (χ1) is 8.01. The number of hydrogen-bond donors (Lipinski definition) is 2. The minimum atomic E-state index is -0.320. The van der Waals surface area contributed by atoms with Crippen LogP contribution in [0.25, 0.3) is 0 Å². The number of nitrogens with zero attached hydrogens (tertiary/aromatic N) is 2. The molecule has 0 fully saturated rings. The van der Waals surface area contributed by atoms with Gasteiger partial charge in [-0.05, 0) is 27.4 Å². The lowest BCUT2D eigenvalue weighted by molar-refractivity contribution is -0.117. The zero-order valence-electron chi connectivity index (χ0n) is 11.1. The first-order valence-corrected chi connectivity index (χ1v) is 5.80. The van der Waals surface area contributed by atoms with Gasteiger partial charge in [-0.25, -0.2) is 0 Å². The summed E-state index contributed by atoms with van der Waals surface area (Å²) in [4.78, 5) is 13.6. The van der Waals surface area contributed by atoms with Crippen LogP contribution in [-0.4, -0.2) is 44.0 Å². The first kappa shape index (κ1) is 15.5. The molecule has 5 nitrogen and oxygen atoms in total. The van der Waals surface area contributed by atoms with Gasteiger partial charge in [0.25, 0.3) is 5.91 Å². The Balaban J connectivity index is 4.18. The molecule has 1 unspecified atom stereocenters. The molecule has 0 spiro atoms. The molecule has 0 bridgehead atoms. The van der Waals surface area contributed by atoms with Crippen molar-refractivity contribution in [1.29, 1.82) is 5.26 Å². The van der Waals surface area contributed by atoms with Crippen LogP contribution < -0.4 is 10.6 Å². The first-order valence-electron chi connectivity index (χ1n) is 5.80. The lowest BCUT2D eigenvalue weighted by atomic mass is 10.2. The van der Waals surface area contributed by atoms with Crippen LogP contribution in [0.15, 0.2) is 11.8 Å². The van der Waals surface area contributed by atoms with Gasteiger partial charge in [0, 0.05) is 25.3 Å². The van der Waals surface area contributed by atoms with Gasteiger partial charge in [0.1, 0.15) is 11.6 Å².